The molecule has 0 aliphatic carbocycles. The van der Waals surface area contributed by atoms with Gasteiger partial charge < -0.3 is 5.11 Å². The van der Waals surface area contributed by atoms with Crippen molar-refractivity contribution in [2.24, 2.45) is 0 Å². The van der Waals surface area contributed by atoms with Gasteiger partial charge >= 0.3 is 6.03 Å². The van der Waals surface area contributed by atoms with Gasteiger partial charge in [0.1, 0.15) is 11.3 Å². The van der Waals surface area contributed by atoms with E-state index < -0.39 is 17.8 Å². The predicted molar refractivity (Wildman–Crippen MR) is 88.3 cm³/mol. The fourth-order valence-electron chi connectivity index (χ4n) is 2.43. The molecule has 0 radical (unpaired) electrons. The van der Waals surface area contributed by atoms with E-state index in [9.17, 15) is 19.5 Å². The van der Waals surface area contributed by atoms with Crippen molar-refractivity contribution in [3.63, 3.8) is 0 Å². The van der Waals surface area contributed by atoms with Crippen LogP contribution in [-0.2, 0) is 9.59 Å². The van der Waals surface area contributed by atoms with Gasteiger partial charge in [-0.05, 0) is 42.3 Å². The average Bonchev–Trinajstić information content (AvgIpc) is 2.55. The molecule has 1 fully saturated rings. The average molecular weight is 322 g/mol. The van der Waals surface area contributed by atoms with Crippen LogP contribution in [0.1, 0.15) is 11.1 Å². The Hall–Kier alpha value is -3.41. The predicted octanol–water partition coefficient (Wildman–Crippen LogP) is 2.37. The Morgan fingerprint density at radius 2 is 1.67 bits per heavy atom. The number of aryl methyl sites for hydroxylation is 1. The van der Waals surface area contributed by atoms with Crippen molar-refractivity contribution >= 4 is 29.6 Å². The maximum Gasteiger partial charge on any atom is 0.335 e. The van der Waals surface area contributed by atoms with E-state index in [0.29, 0.717) is 11.3 Å². The van der Waals surface area contributed by atoms with Crippen LogP contribution in [0.25, 0.3) is 6.08 Å². The molecule has 2 N–H and O–H groups in total. The van der Waals surface area contributed by atoms with Crippen molar-refractivity contribution in [3.8, 4) is 5.75 Å². The van der Waals surface area contributed by atoms with E-state index in [1.165, 1.54) is 18.2 Å². The number of carbonyl (C=O) groups excluding carboxylic acids is 3. The molecule has 1 saturated heterocycles. The van der Waals surface area contributed by atoms with Crippen molar-refractivity contribution in [3.05, 3.63) is 65.2 Å². The van der Waals surface area contributed by atoms with Gasteiger partial charge in [0.15, 0.2) is 0 Å². The largest absolute Gasteiger partial charge is 0.508 e. The number of rotatable bonds is 2. The highest BCUT2D eigenvalue weighted by Crippen LogP contribution is 2.25. The van der Waals surface area contributed by atoms with Gasteiger partial charge in [-0.2, -0.15) is 0 Å². The molecule has 1 aliphatic heterocycles. The number of barbiturate groups is 1. The molecule has 0 atom stereocenters. The number of hydrogen-bond donors (Lipinski definition) is 2. The fraction of sp³-hybridized carbons (Fsp3) is 0.0556. The van der Waals surface area contributed by atoms with Crippen LogP contribution >= 0.6 is 0 Å². The number of carbonyl (C=O) groups is 3. The number of imide groups is 2. The molecule has 0 saturated carbocycles. The minimum Gasteiger partial charge on any atom is -0.508 e. The lowest BCUT2D eigenvalue weighted by Gasteiger charge is -2.27. The smallest absolute Gasteiger partial charge is 0.335 e. The molecule has 4 amide bonds. The fourth-order valence-corrected chi connectivity index (χ4v) is 2.43. The Labute approximate surface area is 138 Å². The highest BCUT2D eigenvalue weighted by Gasteiger charge is 2.37. The number of phenols is 1. The highest BCUT2D eigenvalue weighted by molar-refractivity contribution is 6.39. The minimum atomic E-state index is -0.776. The molecule has 6 nitrogen and oxygen atoms in total. The molecule has 3 rings (SSSR count). The summed E-state index contributed by atoms with van der Waals surface area (Å²) in [4.78, 5) is 37.8. The zero-order valence-electron chi connectivity index (χ0n) is 12.8. The van der Waals surface area contributed by atoms with Crippen molar-refractivity contribution in [1.82, 2.24) is 5.32 Å². The Balaban J connectivity index is 2.03. The molecular weight excluding hydrogens is 308 g/mol. The quantitative estimate of drug-likeness (QED) is 0.656. The van der Waals surface area contributed by atoms with E-state index in [2.05, 4.69) is 5.32 Å². The van der Waals surface area contributed by atoms with Crippen LogP contribution in [0, 0.1) is 6.92 Å². The van der Waals surface area contributed by atoms with Crippen LogP contribution in [0.3, 0.4) is 0 Å². The summed E-state index contributed by atoms with van der Waals surface area (Å²) >= 11 is 0. The van der Waals surface area contributed by atoms with Crippen LogP contribution in [0.5, 0.6) is 5.75 Å². The monoisotopic (exact) mass is 322 g/mol. The van der Waals surface area contributed by atoms with Gasteiger partial charge in [-0.1, -0.05) is 30.3 Å². The second kappa shape index (κ2) is 6.00. The lowest BCUT2D eigenvalue weighted by atomic mass is 10.1. The molecule has 0 aromatic heterocycles. The van der Waals surface area contributed by atoms with E-state index in [4.69, 9.17) is 0 Å². The second-order valence-electron chi connectivity index (χ2n) is 5.34. The van der Waals surface area contributed by atoms with Crippen molar-refractivity contribution in [1.29, 1.82) is 0 Å². The molecule has 0 bridgehead atoms. The molecule has 1 aliphatic rings. The summed E-state index contributed by atoms with van der Waals surface area (Å²) in [5, 5.41) is 11.5. The van der Waals surface area contributed by atoms with Crippen LogP contribution in [0.4, 0.5) is 10.5 Å². The molecule has 1 heterocycles. The first kappa shape index (κ1) is 15.5. The lowest BCUT2D eigenvalue weighted by molar-refractivity contribution is -0.122. The van der Waals surface area contributed by atoms with Gasteiger partial charge in [0.25, 0.3) is 11.8 Å². The van der Waals surface area contributed by atoms with Gasteiger partial charge in [-0.3, -0.25) is 14.9 Å². The van der Waals surface area contributed by atoms with Gasteiger partial charge in [-0.15, -0.1) is 0 Å². The van der Waals surface area contributed by atoms with Crippen molar-refractivity contribution < 1.29 is 19.5 Å². The molecule has 120 valence electrons. The molecule has 2 aromatic rings. The van der Waals surface area contributed by atoms with Crippen molar-refractivity contribution in [2.45, 2.75) is 6.92 Å². The van der Waals surface area contributed by atoms with Crippen LogP contribution in [0.15, 0.2) is 54.1 Å². The number of phenolic OH excluding ortho intramolecular Hbond substituents is 1. The van der Waals surface area contributed by atoms with Gasteiger partial charge in [0, 0.05) is 0 Å². The Morgan fingerprint density at radius 3 is 2.33 bits per heavy atom. The number of urea groups is 1. The summed E-state index contributed by atoms with van der Waals surface area (Å²) in [7, 11) is 0. The number of nitrogens with zero attached hydrogens (tertiary/aromatic N) is 1. The zero-order chi connectivity index (χ0) is 17.3. The first-order chi connectivity index (χ1) is 11.5. The summed E-state index contributed by atoms with van der Waals surface area (Å²) in [5.74, 6) is -1.36. The summed E-state index contributed by atoms with van der Waals surface area (Å²) < 4.78 is 0. The summed E-state index contributed by atoms with van der Waals surface area (Å²) in [6.45, 7) is 1.77. The lowest BCUT2D eigenvalue weighted by Crippen LogP contribution is -2.54. The number of amides is 4. The topological polar surface area (TPSA) is 86.7 Å². The summed E-state index contributed by atoms with van der Waals surface area (Å²) in [5.41, 5.74) is 1.57. The molecule has 24 heavy (non-hydrogen) atoms. The maximum absolute atomic E-state index is 12.7. The van der Waals surface area contributed by atoms with E-state index in [-0.39, 0.29) is 11.3 Å². The number of para-hydroxylation sites is 1. The number of benzene rings is 2. The zero-order valence-corrected chi connectivity index (χ0v) is 12.8. The number of nitrogens with one attached hydrogen (secondary N) is 1. The van der Waals surface area contributed by atoms with E-state index in [0.717, 1.165) is 10.5 Å². The molecular formula is C18H14N2O4. The molecule has 0 spiro atoms. The minimum absolute atomic E-state index is 0.0771. The van der Waals surface area contributed by atoms with Crippen LogP contribution < -0.4 is 10.2 Å². The number of anilines is 1. The SMILES string of the molecule is Cc1ccccc1N1C(=O)NC(=O)/C(=C\c2ccc(O)cc2)C1=O. The van der Waals surface area contributed by atoms with Gasteiger partial charge in [0.05, 0.1) is 5.69 Å². The molecule has 6 heteroatoms. The third-order valence-electron chi connectivity index (χ3n) is 3.66. The highest BCUT2D eigenvalue weighted by atomic mass is 16.3. The number of hydrogen-bond acceptors (Lipinski definition) is 4. The van der Waals surface area contributed by atoms with E-state index in [1.807, 2.05) is 0 Å². The normalized spacial score (nSPS) is 16.5. The second-order valence-corrected chi connectivity index (χ2v) is 5.34. The third-order valence-corrected chi connectivity index (χ3v) is 3.66. The molecule has 0 unspecified atom stereocenters. The van der Waals surface area contributed by atoms with Crippen LogP contribution in [-0.4, -0.2) is 23.0 Å². The van der Waals surface area contributed by atoms with Crippen molar-refractivity contribution in [2.75, 3.05) is 4.90 Å². The standard InChI is InChI=1S/C18H14N2O4/c1-11-4-2-3-5-15(11)20-17(23)14(16(22)19-18(20)24)10-12-6-8-13(21)9-7-12/h2-10,21H,1H3,(H,19,22,24)/b14-10+. The van der Waals surface area contributed by atoms with E-state index in [1.54, 1.807) is 43.3 Å². The number of aromatic hydroxyl groups is 1. The molecule has 2 aromatic carbocycles. The first-order valence-electron chi connectivity index (χ1n) is 7.23. The summed E-state index contributed by atoms with van der Waals surface area (Å²) in [6.07, 6.45) is 1.38. The Morgan fingerprint density at radius 1 is 1.00 bits per heavy atom. The maximum atomic E-state index is 12.7. The Bertz CT molecular complexity index is 869. The third kappa shape index (κ3) is 2.77. The summed E-state index contributed by atoms with van der Waals surface area (Å²) in [6, 6.07) is 12.2. The van der Waals surface area contributed by atoms with Gasteiger partial charge in [0.2, 0.25) is 0 Å². The van der Waals surface area contributed by atoms with Crippen LogP contribution in [0.2, 0.25) is 0 Å². The Kier molecular flexibility index (Phi) is 3.87. The van der Waals surface area contributed by atoms with E-state index >= 15 is 0 Å². The first-order valence-corrected chi connectivity index (χ1v) is 7.23. The van der Waals surface area contributed by atoms with Gasteiger partial charge in [-0.25, -0.2) is 9.69 Å².